The number of allylic oxidation sites excluding steroid dienone is 1. The van der Waals surface area contributed by atoms with Crippen molar-refractivity contribution in [1.29, 1.82) is 0 Å². The van der Waals surface area contributed by atoms with Gasteiger partial charge in [-0.3, -0.25) is 0 Å². The lowest BCUT2D eigenvalue weighted by Gasteiger charge is -2.12. The average molecular weight is 434 g/mol. The summed E-state index contributed by atoms with van der Waals surface area (Å²) in [7, 11) is 0. The van der Waals surface area contributed by atoms with Crippen LogP contribution in [0.5, 0.6) is 0 Å². The molecule has 0 N–H and O–H groups in total. The van der Waals surface area contributed by atoms with Gasteiger partial charge >= 0.3 is 0 Å². The van der Waals surface area contributed by atoms with E-state index in [0.717, 1.165) is 8.95 Å². The van der Waals surface area contributed by atoms with Gasteiger partial charge in [0.25, 0.3) is 0 Å². The van der Waals surface area contributed by atoms with E-state index in [1.165, 1.54) is 16.7 Å². The fourth-order valence-corrected chi connectivity index (χ4v) is 3.54. The highest BCUT2D eigenvalue weighted by Gasteiger charge is 2.11. The van der Waals surface area contributed by atoms with Crippen molar-refractivity contribution in [3.63, 3.8) is 0 Å². The van der Waals surface area contributed by atoms with Crippen molar-refractivity contribution in [2.75, 3.05) is 0 Å². The SMILES string of the molecule is Brc1ccc(/C=C/C(c2ccc(Br)cc2)c2ccsc2)cc1. The first-order valence-electron chi connectivity index (χ1n) is 6.94. The first-order chi connectivity index (χ1) is 10.7. The van der Waals surface area contributed by atoms with Crippen molar-refractivity contribution < 1.29 is 0 Å². The van der Waals surface area contributed by atoms with E-state index in [1.54, 1.807) is 11.3 Å². The third-order valence-corrected chi connectivity index (χ3v) is 5.24. The maximum absolute atomic E-state index is 3.51. The van der Waals surface area contributed by atoms with Gasteiger partial charge in [0.2, 0.25) is 0 Å². The van der Waals surface area contributed by atoms with E-state index in [1.807, 2.05) is 0 Å². The Kier molecular flexibility index (Phi) is 5.29. The summed E-state index contributed by atoms with van der Waals surface area (Å²) in [6, 6.07) is 19.1. The summed E-state index contributed by atoms with van der Waals surface area (Å²) in [5, 5.41) is 4.35. The number of benzene rings is 2. The summed E-state index contributed by atoms with van der Waals surface area (Å²) in [6.45, 7) is 0. The van der Waals surface area contributed by atoms with Gasteiger partial charge in [0.15, 0.2) is 0 Å². The summed E-state index contributed by atoms with van der Waals surface area (Å²) in [5.41, 5.74) is 3.84. The largest absolute Gasteiger partial charge is 0.152 e. The molecule has 22 heavy (non-hydrogen) atoms. The molecule has 0 saturated heterocycles. The van der Waals surface area contributed by atoms with E-state index in [4.69, 9.17) is 0 Å². The van der Waals surface area contributed by atoms with E-state index < -0.39 is 0 Å². The van der Waals surface area contributed by atoms with E-state index in [2.05, 4.69) is 109 Å². The third-order valence-electron chi connectivity index (χ3n) is 3.48. The minimum atomic E-state index is 0.281. The summed E-state index contributed by atoms with van der Waals surface area (Å²) < 4.78 is 2.21. The zero-order chi connectivity index (χ0) is 15.4. The highest BCUT2D eigenvalue weighted by Crippen LogP contribution is 2.29. The van der Waals surface area contributed by atoms with Gasteiger partial charge in [-0.15, -0.1) is 0 Å². The zero-order valence-corrected chi connectivity index (χ0v) is 15.7. The van der Waals surface area contributed by atoms with Crippen LogP contribution in [0.1, 0.15) is 22.6 Å². The van der Waals surface area contributed by atoms with Crippen molar-refractivity contribution in [2.45, 2.75) is 5.92 Å². The van der Waals surface area contributed by atoms with Gasteiger partial charge < -0.3 is 0 Å². The molecule has 0 amide bonds. The Morgan fingerprint density at radius 2 is 1.41 bits per heavy atom. The maximum atomic E-state index is 3.51. The van der Waals surface area contributed by atoms with Crippen molar-refractivity contribution in [3.05, 3.63) is 97.1 Å². The molecule has 110 valence electrons. The van der Waals surface area contributed by atoms with Crippen molar-refractivity contribution >= 4 is 49.3 Å². The highest BCUT2D eigenvalue weighted by molar-refractivity contribution is 9.10. The molecular weight excluding hydrogens is 420 g/mol. The quantitative estimate of drug-likeness (QED) is 0.410. The molecule has 0 fully saturated rings. The Hall–Kier alpha value is -1.16. The first kappa shape index (κ1) is 15.7. The molecule has 0 radical (unpaired) electrons. The third kappa shape index (κ3) is 3.97. The summed E-state index contributed by atoms with van der Waals surface area (Å²) >= 11 is 8.72. The topological polar surface area (TPSA) is 0 Å². The fourth-order valence-electron chi connectivity index (χ4n) is 2.32. The average Bonchev–Trinajstić information content (AvgIpc) is 3.05. The minimum Gasteiger partial charge on any atom is -0.152 e. The highest BCUT2D eigenvalue weighted by atomic mass is 79.9. The number of thiophene rings is 1. The minimum absolute atomic E-state index is 0.281. The van der Waals surface area contributed by atoms with Gasteiger partial charge in [-0.25, -0.2) is 0 Å². The van der Waals surface area contributed by atoms with Crippen molar-refractivity contribution in [1.82, 2.24) is 0 Å². The summed E-state index contributed by atoms with van der Waals surface area (Å²) in [5.74, 6) is 0.281. The fraction of sp³-hybridized carbons (Fsp3) is 0.0526. The lowest BCUT2D eigenvalue weighted by molar-refractivity contribution is 1.04. The molecule has 0 nitrogen and oxygen atoms in total. The van der Waals surface area contributed by atoms with Crippen LogP contribution >= 0.6 is 43.2 Å². The number of hydrogen-bond donors (Lipinski definition) is 0. The van der Waals surface area contributed by atoms with Gasteiger partial charge in [-0.05, 0) is 57.8 Å². The molecule has 0 aliphatic rings. The van der Waals surface area contributed by atoms with Crippen molar-refractivity contribution in [3.8, 4) is 0 Å². The Labute approximate surface area is 151 Å². The number of hydrogen-bond acceptors (Lipinski definition) is 1. The van der Waals surface area contributed by atoms with Crippen LogP contribution in [0.4, 0.5) is 0 Å². The predicted octanol–water partition coefficient (Wildman–Crippen LogP) is 7.12. The van der Waals surface area contributed by atoms with E-state index in [9.17, 15) is 0 Å². The molecule has 0 spiro atoms. The Morgan fingerprint density at radius 3 is 2.00 bits per heavy atom. The van der Waals surface area contributed by atoms with Gasteiger partial charge in [0, 0.05) is 14.9 Å². The molecule has 2 aromatic carbocycles. The second kappa shape index (κ2) is 7.40. The Balaban J connectivity index is 1.92. The second-order valence-corrected chi connectivity index (χ2v) is 7.61. The number of rotatable bonds is 4. The molecule has 1 atom stereocenters. The van der Waals surface area contributed by atoms with Crippen LogP contribution in [0.15, 0.2) is 80.4 Å². The Bertz CT molecular complexity index is 741. The molecular formula is C19H14Br2S. The molecule has 1 heterocycles. The van der Waals surface area contributed by atoms with Crippen LogP contribution < -0.4 is 0 Å². The van der Waals surface area contributed by atoms with Gasteiger partial charge in [0.05, 0.1) is 0 Å². The summed E-state index contributed by atoms with van der Waals surface area (Å²) in [6.07, 6.45) is 4.46. The lowest BCUT2D eigenvalue weighted by Crippen LogP contribution is -1.95. The standard InChI is InChI=1S/C19H14Br2S/c20-17-6-1-14(2-7-17)3-10-19(16-11-12-22-13-16)15-4-8-18(21)9-5-15/h1-13,19H/b10-3+. The second-order valence-electron chi connectivity index (χ2n) is 5.00. The molecule has 0 aliphatic carbocycles. The summed E-state index contributed by atoms with van der Waals surface area (Å²) in [4.78, 5) is 0. The predicted molar refractivity (Wildman–Crippen MR) is 103 cm³/mol. The molecule has 3 rings (SSSR count). The van der Waals surface area contributed by atoms with Crippen LogP contribution in [0.3, 0.4) is 0 Å². The molecule has 0 aliphatic heterocycles. The molecule has 0 saturated carbocycles. The van der Waals surface area contributed by atoms with E-state index in [0.29, 0.717) is 0 Å². The maximum Gasteiger partial charge on any atom is 0.0281 e. The smallest absolute Gasteiger partial charge is 0.0281 e. The first-order valence-corrected chi connectivity index (χ1v) is 9.46. The molecule has 1 unspecified atom stereocenters. The van der Waals surface area contributed by atoms with E-state index in [-0.39, 0.29) is 5.92 Å². The van der Waals surface area contributed by atoms with Crippen molar-refractivity contribution in [2.24, 2.45) is 0 Å². The normalized spacial score (nSPS) is 12.6. The molecule has 1 aromatic heterocycles. The van der Waals surface area contributed by atoms with Gasteiger partial charge in [0.1, 0.15) is 0 Å². The Morgan fingerprint density at radius 1 is 0.773 bits per heavy atom. The molecule has 3 heteroatoms. The zero-order valence-electron chi connectivity index (χ0n) is 11.7. The van der Waals surface area contributed by atoms with Crippen LogP contribution in [-0.2, 0) is 0 Å². The number of halogens is 2. The van der Waals surface area contributed by atoms with E-state index >= 15 is 0 Å². The van der Waals surface area contributed by atoms with Crippen LogP contribution in [0, 0.1) is 0 Å². The molecule has 0 bridgehead atoms. The van der Waals surface area contributed by atoms with Crippen LogP contribution in [-0.4, -0.2) is 0 Å². The monoisotopic (exact) mass is 432 g/mol. The lowest BCUT2D eigenvalue weighted by atomic mass is 9.92. The van der Waals surface area contributed by atoms with Gasteiger partial charge in [-0.2, -0.15) is 11.3 Å². The van der Waals surface area contributed by atoms with Crippen LogP contribution in [0.25, 0.3) is 6.08 Å². The molecule has 3 aromatic rings. The van der Waals surface area contributed by atoms with Crippen LogP contribution in [0.2, 0.25) is 0 Å². The van der Waals surface area contributed by atoms with Gasteiger partial charge in [-0.1, -0.05) is 68.3 Å².